The highest BCUT2D eigenvalue weighted by atomic mass is 32.2. The molecule has 2 aromatic carbocycles. The highest BCUT2D eigenvalue weighted by Crippen LogP contribution is 2.33. The number of sulfonamides is 1. The summed E-state index contributed by atoms with van der Waals surface area (Å²) in [6.07, 6.45) is 7.53. The molecular weight excluding hydrogens is 372 g/mol. The molecule has 1 N–H and O–H groups in total. The van der Waals surface area contributed by atoms with Gasteiger partial charge in [0.25, 0.3) is 15.9 Å². The average Bonchev–Trinajstić information content (AvgIpc) is 2.98. The van der Waals surface area contributed by atoms with Gasteiger partial charge in [0.15, 0.2) is 0 Å². The van der Waals surface area contributed by atoms with Gasteiger partial charge in [0.05, 0.1) is 10.6 Å². The van der Waals surface area contributed by atoms with E-state index in [0.29, 0.717) is 24.2 Å². The molecule has 28 heavy (non-hydrogen) atoms. The molecular formula is C22H26N2O3S. The Morgan fingerprint density at radius 2 is 1.68 bits per heavy atom. The first-order valence-corrected chi connectivity index (χ1v) is 11.5. The van der Waals surface area contributed by atoms with Crippen molar-refractivity contribution >= 4 is 21.6 Å². The van der Waals surface area contributed by atoms with Crippen LogP contribution in [0.5, 0.6) is 0 Å². The van der Waals surface area contributed by atoms with E-state index in [1.54, 1.807) is 42.5 Å². The van der Waals surface area contributed by atoms with Crippen molar-refractivity contribution in [2.75, 3.05) is 10.8 Å². The number of amides is 1. The molecule has 1 aliphatic heterocycles. The van der Waals surface area contributed by atoms with Gasteiger partial charge in [-0.3, -0.25) is 9.10 Å². The SMILES string of the molecule is O=C(NC1CCCCCC1)c1ccc2c(c1)CCN2S(=O)(=O)c1ccccc1. The average molecular weight is 399 g/mol. The van der Waals surface area contributed by atoms with Crippen molar-refractivity contribution in [2.24, 2.45) is 0 Å². The molecule has 1 fully saturated rings. The summed E-state index contributed by atoms with van der Waals surface area (Å²) in [5, 5.41) is 3.16. The summed E-state index contributed by atoms with van der Waals surface area (Å²) in [7, 11) is -3.58. The standard InChI is InChI=1S/C22H26N2O3S/c25-22(23-19-8-4-1-2-5-9-19)18-12-13-21-17(16-18)14-15-24(21)28(26,27)20-10-6-3-7-11-20/h3,6-7,10-13,16,19H,1-2,4-5,8-9,14-15H2,(H,23,25). The first kappa shape index (κ1) is 19.0. The van der Waals surface area contributed by atoms with Gasteiger partial charge in [0.2, 0.25) is 0 Å². The Hall–Kier alpha value is -2.34. The third-order valence-electron chi connectivity index (χ3n) is 5.72. The van der Waals surface area contributed by atoms with E-state index in [1.807, 2.05) is 6.07 Å². The molecule has 1 aliphatic carbocycles. The van der Waals surface area contributed by atoms with Gasteiger partial charge < -0.3 is 5.32 Å². The molecule has 148 valence electrons. The van der Waals surface area contributed by atoms with Crippen LogP contribution in [0, 0.1) is 0 Å². The molecule has 5 nitrogen and oxygen atoms in total. The molecule has 2 aromatic rings. The predicted octanol–water partition coefficient (Wildman–Crippen LogP) is 3.89. The minimum Gasteiger partial charge on any atom is -0.349 e. The molecule has 1 amide bonds. The Labute approximate surface area is 166 Å². The van der Waals surface area contributed by atoms with Crippen molar-refractivity contribution < 1.29 is 13.2 Å². The number of anilines is 1. The number of carbonyl (C=O) groups excluding carboxylic acids is 1. The largest absolute Gasteiger partial charge is 0.349 e. The number of carbonyl (C=O) groups is 1. The van der Waals surface area contributed by atoms with E-state index >= 15 is 0 Å². The Kier molecular flexibility index (Phi) is 5.40. The zero-order valence-corrected chi connectivity index (χ0v) is 16.7. The topological polar surface area (TPSA) is 66.5 Å². The zero-order valence-electron chi connectivity index (χ0n) is 15.9. The lowest BCUT2D eigenvalue weighted by molar-refractivity contribution is 0.0933. The third-order valence-corrected chi connectivity index (χ3v) is 7.54. The van der Waals surface area contributed by atoms with Gasteiger partial charge in [-0.25, -0.2) is 8.42 Å². The van der Waals surface area contributed by atoms with Crippen molar-refractivity contribution in [1.29, 1.82) is 0 Å². The minimum absolute atomic E-state index is 0.0564. The van der Waals surface area contributed by atoms with Crippen LogP contribution < -0.4 is 9.62 Å². The fourth-order valence-corrected chi connectivity index (χ4v) is 5.70. The third kappa shape index (κ3) is 3.78. The molecule has 0 saturated heterocycles. The Morgan fingerprint density at radius 3 is 2.39 bits per heavy atom. The van der Waals surface area contributed by atoms with Crippen molar-refractivity contribution in [3.8, 4) is 0 Å². The summed E-state index contributed by atoms with van der Waals surface area (Å²) < 4.78 is 27.4. The first-order chi connectivity index (χ1) is 13.6. The maximum atomic E-state index is 13.0. The van der Waals surface area contributed by atoms with Crippen molar-refractivity contribution in [1.82, 2.24) is 5.32 Å². The molecule has 2 aliphatic rings. The van der Waals surface area contributed by atoms with Gasteiger partial charge in [-0.15, -0.1) is 0 Å². The number of nitrogens with one attached hydrogen (secondary N) is 1. The van der Waals surface area contributed by atoms with Crippen LogP contribution >= 0.6 is 0 Å². The maximum absolute atomic E-state index is 13.0. The number of hydrogen-bond donors (Lipinski definition) is 1. The van der Waals surface area contributed by atoms with Gasteiger partial charge in [-0.1, -0.05) is 43.9 Å². The fraction of sp³-hybridized carbons (Fsp3) is 0.409. The molecule has 0 radical (unpaired) electrons. The van der Waals surface area contributed by atoms with E-state index in [0.717, 1.165) is 18.4 Å². The second-order valence-corrected chi connectivity index (χ2v) is 9.51. The first-order valence-electron chi connectivity index (χ1n) is 10.1. The number of fused-ring (bicyclic) bond motifs is 1. The van der Waals surface area contributed by atoms with Gasteiger partial charge in [0, 0.05) is 18.2 Å². The van der Waals surface area contributed by atoms with Crippen LogP contribution in [-0.2, 0) is 16.4 Å². The quantitative estimate of drug-likeness (QED) is 0.795. The Morgan fingerprint density at radius 1 is 0.964 bits per heavy atom. The summed E-state index contributed by atoms with van der Waals surface area (Å²) in [5.41, 5.74) is 2.20. The lowest BCUT2D eigenvalue weighted by Crippen LogP contribution is -2.34. The highest BCUT2D eigenvalue weighted by Gasteiger charge is 2.31. The van der Waals surface area contributed by atoms with Crippen LogP contribution in [-0.4, -0.2) is 26.9 Å². The molecule has 0 unspecified atom stereocenters. The lowest BCUT2D eigenvalue weighted by Gasteiger charge is -2.20. The summed E-state index contributed by atoms with van der Waals surface area (Å²) in [5.74, 6) is -0.0564. The smallest absolute Gasteiger partial charge is 0.264 e. The normalized spacial score (nSPS) is 17.8. The van der Waals surface area contributed by atoms with Crippen molar-refractivity contribution in [3.63, 3.8) is 0 Å². The zero-order chi connectivity index (χ0) is 19.6. The highest BCUT2D eigenvalue weighted by molar-refractivity contribution is 7.92. The molecule has 0 spiro atoms. The molecule has 0 bridgehead atoms. The summed E-state index contributed by atoms with van der Waals surface area (Å²) in [4.78, 5) is 13.0. The van der Waals surface area contributed by atoms with Crippen LogP contribution in [0.2, 0.25) is 0 Å². The lowest BCUT2D eigenvalue weighted by atomic mass is 10.1. The van der Waals surface area contributed by atoms with E-state index in [1.165, 1.54) is 30.0 Å². The van der Waals surface area contributed by atoms with E-state index < -0.39 is 10.0 Å². The minimum atomic E-state index is -3.58. The van der Waals surface area contributed by atoms with E-state index in [9.17, 15) is 13.2 Å². The molecule has 0 atom stereocenters. The van der Waals surface area contributed by atoms with Gasteiger partial charge in [-0.05, 0) is 55.2 Å². The number of hydrogen-bond acceptors (Lipinski definition) is 3. The van der Waals surface area contributed by atoms with Crippen LogP contribution in [0.15, 0.2) is 53.4 Å². The van der Waals surface area contributed by atoms with Crippen LogP contribution in [0.4, 0.5) is 5.69 Å². The van der Waals surface area contributed by atoms with Gasteiger partial charge in [-0.2, -0.15) is 0 Å². The van der Waals surface area contributed by atoms with Crippen LogP contribution in [0.3, 0.4) is 0 Å². The van der Waals surface area contributed by atoms with E-state index in [-0.39, 0.29) is 16.8 Å². The second-order valence-electron chi connectivity index (χ2n) is 7.65. The molecule has 1 heterocycles. The number of benzene rings is 2. The molecule has 1 saturated carbocycles. The van der Waals surface area contributed by atoms with Crippen molar-refractivity contribution in [2.45, 2.75) is 55.9 Å². The number of nitrogens with zero attached hydrogens (tertiary/aromatic N) is 1. The summed E-state index contributed by atoms with van der Waals surface area (Å²) in [6, 6.07) is 14.1. The van der Waals surface area contributed by atoms with E-state index in [4.69, 9.17) is 0 Å². The summed E-state index contributed by atoms with van der Waals surface area (Å²) >= 11 is 0. The van der Waals surface area contributed by atoms with Crippen LogP contribution in [0.1, 0.15) is 54.4 Å². The summed E-state index contributed by atoms with van der Waals surface area (Å²) in [6.45, 7) is 0.403. The van der Waals surface area contributed by atoms with Crippen LogP contribution in [0.25, 0.3) is 0 Å². The molecule has 6 heteroatoms. The maximum Gasteiger partial charge on any atom is 0.264 e. The Balaban J connectivity index is 1.53. The van der Waals surface area contributed by atoms with Gasteiger partial charge >= 0.3 is 0 Å². The monoisotopic (exact) mass is 398 g/mol. The number of rotatable bonds is 4. The fourth-order valence-electron chi connectivity index (χ4n) is 4.17. The predicted molar refractivity (Wildman–Crippen MR) is 110 cm³/mol. The van der Waals surface area contributed by atoms with E-state index in [2.05, 4.69) is 5.32 Å². The van der Waals surface area contributed by atoms with Crippen molar-refractivity contribution in [3.05, 3.63) is 59.7 Å². The molecule has 4 rings (SSSR count). The molecule has 0 aromatic heterocycles. The Bertz CT molecular complexity index is 949. The van der Waals surface area contributed by atoms with Gasteiger partial charge in [0.1, 0.15) is 0 Å². The second kappa shape index (κ2) is 7.95.